The maximum atomic E-state index is 4.47. The zero-order chi connectivity index (χ0) is 15.4. The second-order valence-corrected chi connectivity index (χ2v) is 5.76. The van der Waals surface area contributed by atoms with E-state index < -0.39 is 0 Å². The highest BCUT2D eigenvalue weighted by Crippen LogP contribution is 2.25. The van der Waals surface area contributed by atoms with Gasteiger partial charge < -0.3 is 15.5 Å². The molecule has 4 nitrogen and oxygen atoms in total. The van der Waals surface area contributed by atoms with Crippen LogP contribution >= 0.6 is 0 Å². The van der Waals surface area contributed by atoms with Gasteiger partial charge in [-0.25, -0.2) is 4.98 Å². The lowest BCUT2D eigenvalue weighted by molar-refractivity contribution is 0.617. The standard InChI is InChI=1S/C18H24N4/c1-3-14-6-4-5-7-17(14)21-18-12-16(8-10-20-18)22-11-9-15(13-22)19-2/h4-8,10,12,15,19H,3,9,11,13H2,1-2H3,(H,20,21)/t15-/m0/s1. The van der Waals surface area contributed by atoms with Crippen LogP contribution in [0.4, 0.5) is 17.2 Å². The fourth-order valence-electron chi connectivity index (χ4n) is 3.00. The van der Waals surface area contributed by atoms with Crippen LogP contribution < -0.4 is 15.5 Å². The van der Waals surface area contributed by atoms with Crippen LogP contribution in [0, 0.1) is 0 Å². The second-order valence-electron chi connectivity index (χ2n) is 5.76. The van der Waals surface area contributed by atoms with Crippen LogP contribution in [0.3, 0.4) is 0 Å². The van der Waals surface area contributed by atoms with Gasteiger partial charge in [-0.3, -0.25) is 0 Å². The molecule has 1 aliphatic heterocycles. The Kier molecular flexibility index (Phi) is 4.59. The molecule has 116 valence electrons. The Bertz CT molecular complexity index is 626. The third kappa shape index (κ3) is 3.22. The molecule has 2 N–H and O–H groups in total. The molecule has 1 aromatic carbocycles. The minimum atomic E-state index is 0.588. The summed E-state index contributed by atoms with van der Waals surface area (Å²) in [6.45, 7) is 4.33. The number of para-hydroxylation sites is 1. The highest BCUT2D eigenvalue weighted by Gasteiger charge is 2.21. The predicted molar refractivity (Wildman–Crippen MR) is 93.0 cm³/mol. The molecule has 0 aliphatic carbocycles. The molecule has 0 radical (unpaired) electrons. The van der Waals surface area contributed by atoms with Gasteiger partial charge in [0, 0.05) is 42.8 Å². The summed E-state index contributed by atoms with van der Waals surface area (Å²) in [5, 5.41) is 6.82. The molecule has 0 spiro atoms. The first-order valence-electron chi connectivity index (χ1n) is 8.03. The number of benzene rings is 1. The fourth-order valence-corrected chi connectivity index (χ4v) is 3.00. The summed E-state index contributed by atoms with van der Waals surface area (Å²) in [5.74, 6) is 0.909. The lowest BCUT2D eigenvalue weighted by atomic mass is 10.1. The van der Waals surface area contributed by atoms with E-state index in [1.165, 1.54) is 17.7 Å². The molecule has 0 bridgehead atoms. The molecule has 22 heavy (non-hydrogen) atoms. The molecule has 2 aromatic rings. The summed E-state index contributed by atoms with van der Waals surface area (Å²) in [4.78, 5) is 6.88. The molecular weight excluding hydrogens is 272 g/mol. The molecular formula is C18H24N4. The van der Waals surface area contributed by atoms with Crippen LogP contribution in [0.2, 0.25) is 0 Å². The van der Waals surface area contributed by atoms with Gasteiger partial charge in [-0.1, -0.05) is 25.1 Å². The zero-order valence-electron chi connectivity index (χ0n) is 13.3. The largest absolute Gasteiger partial charge is 0.370 e. The summed E-state index contributed by atoms with van der Waals surface area (Å²) < 4.78 is 0. The normalized spacial score (nSPS) is 17.7. The third-order valence-electron chi connectivity index (χ3n) is 4.37. The monoisotopic (exact) mass is 296 g/mol. The van der Waals surface area contributed by atoms with Gasteiger partial charge >= 0.3 is 0 Å². The van der Waals surface area contributed by atoms with E-state index in [9.17, 15) is 0 Å². The van der Waals surface area contributed by atoms with Crippen molar-refractivity contribution in [1.29, 1.82) is 0 Å². The van der Waals surface area contributed by atoms with Crippen molar-refractivity contribution in [3.05, 3.63) is 48.2 Å². The molecule has 1 fully saturated rings. The molecule has 0 saturated carbocycles. The third-order valence-corrected chi connectivity index (χ3v) is 4.37. The first-order valence-corrected chi connectivity index (χ1v) is 8.03. The van der Waals surface area contributed by atoms with Gasteiger partial charge in [-0.05, 0) is 37.6 Å². The van der Waals surface area contributed by atoms with Crippen LogP contribution in [-0.2, 0) is 6.42 Å². The Morgan fingerprint density at radius 3 is 2.91 bits per heavy atom. The van der Waals surface area contributed by atoms with Crippen LogP contribution in [0.1, 0.15) is 18.9 Å². The summed E-state index contributed by atoms with van der Waals surface area (Å²) in [6.07, 6.45) is 4.10. The Labute approximate surface area is 132 Å². The Hall–Kier alpha value is -2.07. The van der Waals surface area contributed by atoms with E-state index in [2.05, 4.69) is 63.8 Å². The SMILES string of the molecule is CCc1ccccc1Nc1cc(N2CC[C@H](NC)C2)ccn1. The first kappa shape index (κ1) is 14.9. The van der Waals surface area contributed by atoms with Crippen LogP contribution in [-0.4, -0.2) is 31.2 Å². The smallest absolute Gasteiger partial charge is 0.132 e. The lowest BCUT2D eigenvalue weighted by Gasteiger charge is -2.19. The van der Waals surface area contributed by atoms with Crippen LogP contribution in [0.15, 0.2) is 42.6 Å². The number of likely N-dealkylation sites (N-methyl/N-ethyl adjacent to an activating group) is 1. The van der Waals surface area contributed by atoms with E-state index in [0.717, 1.165) is 31.0 Å². The average Bonchev–Trinajstić information content (AvgIpc) is 3.05. The summed E-state index contributed by atoms with van der Waals surface area (Å²) >= 11 is 0. The van der Waals surface area contributed by atoms with Crippen molar-refractivity contribution in [3.8, 4) is 0 Å². The number of aromatic nitrogens is 1. The predicted octanol–water partition coefficient (Wildman–Crippen LogP) is 3.19. The number of nitrogens with zero attached hydrogens (tertiary/aromatic N) is 2. The minimum absolute atomic E-state index is 0.588. The van der Waals surface area contributed by atoms with E-state index in [1.807, 2.05) is 13.2 Å². The van der Waals surface area contributed by atoms with E-state index in [4.69, 9.17) is 0 Å². The molecule has 1 aliphatic rings. The fraction of sp³-hybridized carbons (Fsp3) is 0.389. The van der Waals surface area contributed by atoms with Gasteiger partial charge in [0.25, 0.3) is 0 Å². The van der Waals surface area contributed by atoms with Gasteiger partial charge in [-0.15, -0.1) is 0 Å². The molecule has 1 aromatic heterocycles. The number of hydrogen-bond donors (Lipinski definition) is 2. The van der Waals surface area contributed by atoms with Gasteiger partial charge in [0.2, 0.25) is 0 Å². The molecule has 0 amide bonds. The minimum Gasteiger partial charge on any atom is -0.370 e. The molecule has 3 rings (SSSR count). The number of hydrogen-bond acceptors (Lipinski definition) is 4. The van der Waals surface area contributed by atoms with E-state index in [-0.39, 0.29) is 0 Å². The Morgan fingerprint density at radius 1 is 1.27 bits per heavy atom. The summed E-state index contributed by atoms with van der Waals surface area (Å²) in [7, 11) is 2.04. The molecule has 2 heterocycles. The summed E-state index contributed by atoms with van der Waals surface area (Å²) in [6, 6.07) is 13.2. The number of nitrogens with one attached hydrogen (secondary N) is 2. The second kappa shape index (κ2) is 6.79. The quantitative estimate of drug-likeness (QED) is 0.889. The van der Waals surface area contributed by atoms with Crippen molar-refractivity contribution in [1.82, 2.24) is 10.3 Å². The molecule has 0 unspecified atom stereocenters. The van der Waals surface area contributed by atoms with Crippen molar-refractivity contribution >= 4 is 17.2 Å². The summed E-state index contributed by atoms with van der Waals surface area (Å²) in [5.41, 5.74) is 3.69. The topological polar surface area (TPSA) is 40.2 Å². The van der Waals surface area contributed by atoms with Gasteiger partial charge in [0.05, 0.1) is 0 Å². The Balaban J connectivity index is 1.77. The molecule has 4 heteroatoms. The van der Waals surface area contributed by atoms with E-state index in [0.29, 0.717) is 6.04 Å². The van der Waals surface area contributed by atoms with E-state index >= 15 is 0 Å². The number of rotatable bonds is 5. The van der Waals surface area contributed by atoms with Crippen LogP contribution in [0.25, 0.3) is 0 Å². The number of aryl methyl sites for hydroxylation is 1. The van der Waals surface area contributed by atoms with Gasteiger partial charge in [0.15, 0.2) is 0 Å². The van der Waals surface area contributed by atoms with Crippen molar-refractivity contribution < 1.29 is 0 Å². The zero-order valence-corrected chi connectivity index (χ0v) is 13.3. The lowest BCUT2D eigenvalue weighted by Crippen LogP contribution is -2.29. The maximum Gasteiger partial charge on any atom is 0.132 e. The van der Waals surface area contributed by atoms with Crippen molar-refractivity contribution in [2.24, 2.45) is 0 Å². The number of anilines is 3. The average molecular weight is 296 g/mol. The maximum absolute atomic E-state index is 4.47. The Morgan fingerprint density at radius 2 is 2.14 bits per heavy atom. The van der Waals surface area contributed by atoms with Crippen molar-refractivity contribution in [3.63, 3.8) is 0 Å². The highest BCUT2D eigenvalue weighted by atomic mass is 15.2. The van der Waals surface area contributed by atoms with E-state index in [1.54, 1.807) is 0 Å². The molecule has 1 saturated heterocycles. The van der Waals surface area contributed by atoms with Crippen LogP contribution in [0.5, 0.6) is 0 Å². The first-order chi connectivity index (χ1) is 10.8. The molecule has 1 atom stereocenters. The van der Waals surface area contributed by atoms with Crippen molar-refractivity contribution in [2.75, 3.05) is 30.4 Å². The van der Waals surface area contributed by atoms with Gasteiger partial charge in [-0.2, -0.15) is 0 Å². The number of pyridine rings is 1. The van der Waals surface area contributed by atoms with Gasteiger partial charge in [0.1, 0.15) is 5.82 Å². The highest BCUT2D eigenvalue weighted by molar-refractivity contribution is 5.64. The van der Waals surface area contributed by atoms with Crippen molar-refractivity contribution in [2.45, 2.75) is 25.8 Å².